The molecule has 2 heteroatoms. The molecule has 0 spiro atoms. The molecule has 0 N–H and O–H groups in total. The summed E-state index contributed by atoms with van der Waals surface area (Å²) in [5, 5.41) is 0. The molecule has 1 fully saturated rings. The molecule has 1 heterocycles. The van der Waals surface area contributed by atoms with Crippen LogP contribution >= 0.6 is 0 Å². The van der Waals surface area contributed by atoms with E-state index < -0.39 is 0 Å². The van der Waals surface area contributed by atoms with Gasteiger partial charge in [0.05, 0.1) is 5.69 Å². The van der Waals surface area contributed by atoms with E-state index >= 15 is 0 Å². The highest BCUT2D eigenvalue weighted by Gasteiger charge is 2.21. The number of nitrogens with zero attached hydrogens (tertiary/aromatic N) is 1. The highest BCUT2D eigenvalue weighted by molar-refractivity contribution is 5.60. The first kappa shape index (κ1) is 15.2. The molecule has 1 aromatic heterocycles. The number of aromatic nitrogens is 1. The summed E-state index contributed by atoms with van der Waals surface area (Å²) < 4.78 is 14.0. The Morgan fingerprint density at radius 1 is 1.09 bits per heavy atom. The van der Waals surface area contributed by atoms with Gasteiger partial charge in [-0.2, -0.15) is 0 Å². The van der Waals surface area contributed by atoms with E-state index in [9.17, 15) is 4.39 Å². The van der Waals surface area contributed by atoms with Crippen LogP contribution in [-0.2, 0) is 0 Å². The van der Waals surface area contributed by atoms with Crippen LogP contribution in [0.1, 0.15) is 56.1 Å². The Morgan fingerprint density at radius 3 is 2.45 bits per heavy atom. The fourth-order valence-corrected chi connectivity index (χ4v) is 3.54. The summed E-state index contributed by atoms with van der Waals surface area (Å²) in [7, 11) is 0. The molecule has 116 valence electrons. The van der Waals surface area contributed by atoms with E-state index in [1.54, 1.807) is 6.07 Å². The molecule has 22 heavy (non-hydrogen) atoms. The first-order chi connectivity index (χ1) is 10.7. The van der Waals surface area contributed by atoms with Gasteiger partial charge < -0.3 is 0 Å². The molecular formula is C20H24FN. The Hall–Kier alpha value is -1.70. The van der Waals surface area contributed by atoms with Gasteiger partial charge in [-0.3, -0.25) is 4.98 Å². The van der Waals surface area contributed by atoms with E-state index in [0.29, 0.717) is 11.5 Å². The van der Waals surface area contributed by atoms with Gasteiger partial charge in [0.15, 0.2) is 0 Å². The maximum absolute atomic E-state index is 14.0. The normalized spacial score (nSPS) is 21.8. The van der Waals surface area contributed by atoms with Gasteiger partial charge in [0.1, 0.15) is 5.82 Å². The van der Waals surface area contributed by atoms with Crippen molar-refractivity contribution in [2.45, 2.75) is 51.9 Å². The van der Waals surface area contributed by atoms with Crippen molar-refractivity contribution in [2.75, 3.05) is 0 Å². The number of aryl methyl sites for hydroxylation is 1. The van der Waals surface area contributed by atoms with Crippen LogP contribution in [0.15, 0.2) is 36.5 Å². The number of hydrogen-bond acceptors (Lipinski definition) is 1. The van der Waals surface area contributed by atoms with Crippen molar-refractivity contribution < 1.29 is 4.39 Å². The Morgan fingerprint density at radius 2 is 1.86 bits per heavy atom. The zero-order valence-electron chi connectivity index (χ0n) is 13.5. The number of benzene rings is 1. The van der Waals surface area contributed by atoms with Gasteiger partial charge >= 0.3 is 0 Å². The third-order valence-corrected chi connectivity index (χ3v) is 5.08. The molecular weight excluding hydrogens is 273 g/mol. The summed E-state index contributed by atoms with van der Waals surface area (Å²) in [6.45, 7) is 4.19. The summed E-state index contributed by atoms with van der Waals surface area (Å²) in [5.41, 5.74) is 3.56. The molecule has 1 aliphatic rings. The van der Waals surface area contributed by atoms with Crippen LogP contribution in [0.3, 0.4) is 0 Å². The van der Waals surface area contributed by atoms with Crippen molar-refractivity contribution in [1.29, 1.82) is 0 Å². The summed E-state index contributed by atoms with van der Waals surface area (Å²) in [6, 6.07) is 9.42. The predicted molar refractivity (Wildman–Crippen MR) is 89.4 cm³/mol. The second-order valence-corrected chi connectivity index (χ2v) is 6.59. The fourth-order valence-electron chi connectivity index (χ4n) is 3.54. The minimum absolute atomic E-state index is 0.191. The Balaban J connectivity index is 1.75. The summed E-state index contributed by atoms with van der Waals surface area (Å²) in [5.74, 6) is 1.35. The molecule has 1 aliphatic carbocycles. The maximum atomic E-state index is 14.0. The van der Waals surface area contributed by atoms with E-state index in [0.717, 1.165) is 17.2 Å². The highest BCUT2D eigenvalue weighted by Crippen LogP contribution is 2.37. The lowest BCUT2D eigenvalue weighted by atomic mass is 9.78. The third-order valence-electron chi connectivity index (χ3n) is 5.08. The van der Waals surface area contributed by atoms with E-state index in [1.807, 2.05) is 31.3 Å². The largest absolute Gasteiger partial charge is 0.256 e. The second kappa shape index (κ2) is 6.60. The molecule has 1 saturated carbocycles. The molecule has 0 saturated heterocycles. The van der Waals surface area contributed by atoms with Crippen molar-refractivity contribution in [1.82, 2.24) is 4.98 Å². The van der Waals surface area contributed by atoms with Gasteiger partial charge in [0.2, 0.25) is 0 Å². The molecule has 2 aromatic rings. The van der Waals surface area contributed by atoms with Crippen LogP contribution in [0.4, 0.5) is 4.39 Å². The van der Waals surface area contributed by atoms with Crippen LogP contribution in [0.2, 0.25) is 0 Å². The molecule has 0 aliphatic heterocycles. The average Bonchev–Trinajstić information content (AvgIpc) is 2.55. The predicted octanol–water partition coefficient (Wildman–Crippen LogP) is 5.88. The SMILES string of the molecule is CCC1CCC(c2ccc(-c3ccc(C)cc3F)nc2)CC1. The zero-order chi connectivity index (χ0) is 15.5. The third kappa shape index (κ3) is 3.21. The van der Waals surface area contributed by atoms with Crippen molar-refractivity contribution in [3.05, 3.63) is 53.5 Å². The van der Waals surface area contributed by atoms with Gasteiger partial charge in [0, 0.05) is 11.8 Å². The van der Waals surface area contributed by atoms with E-state index in [-0.39, 0.29) is 5.82 Å². The summed E-state index contributed by atoms with van der Waals surface area (Å²) in [6.07, 6.45) is 8.43. The molecule has 1 nitrogen and oxygen atoms in total. The van der Waals surface area contributed by atoms with Gasteiger partial charge in [-0.25, -0.2) is 4.39 Å². The van der Waals surface area contributed by atoms with Crippen molar-refractivity contribution in [3.8, 4) is 11.3 Å². The quantitative estimate of drug-likeness (QED) is 0.689. The number of hydrogen-bond donors (Lipinski definition) is 0. The van der Waals surface area contributed by atoms with E-state index in [2.05, 4.69) is 18.0 Å². The minimum Gasteiger partial charge on any atom is -0.256 e. The number of halogens is 1. The van der Waals surface area contributed by atoms with Gasteiger partial charge in [0.25, 0.3) is 0 Å². The van der Waals surface area contributed by atoms with Crippen molar-refractivity contribution in [3.63, 3.8) is 0 Å². The second-order valence-electron chi connectivity index (χ2n) is 6.59. The number of rotatable bonds is 3. The van der Waals surface area contributed by atoms with Gasteiger partial charge in [-0.05, 0) is 73.8 Å². The fraction of sp³-hybridized carbons (Fsp3) is 0.450. The highest BCUT2D eigenvalue weighted by atomic mass is 19.1. The van der Waals surface area contributed by atoms with Crippen molar-refractivity contribution in [2.24, 2.45) is 5.92 Å². The van der Waals surface area contributed by atoms with Crippen LogP contribution in [-0.4, -0.2) is 4.98 Å². The average molecular weight is 297 g/mol. The van der Waals surface area contributed by atoms with E-state index in [1.165, 1.54) is 37.7 Å². The Labute approximate surface area is 132 Å². The maximum Gasteiger partial charge on any atom is 0.132 e. The van der Waals surface area contributed by atoms with Crippen LogP contribution < -0.4 is 0 Å². The lowest BCUT2D eigenvalue weighted by Gasteiger charge is -2.27. The lowest BCUT2D eigenvalue weighted by molar-refractivity contribution is 0.318. The molecule has 1 aromatic carbocycles. The molecule has 0 amide bonds. The minimum atomic E-state index is -0.191. The number of pyridine rings is 1. The molecule has 0 radical (unpaired) electrons. The Kier molecular flexibility index (Phi) is 4.56. The van der Waals surface area contributed by atoms with Gasteiger partial charge in [-0.15, -0.1) is 0 Å². The molecule has 0 unspecified atom stereocenters. The van der Waals surface area contributed by atoms with Gasteiger partial charge in [-0.1, -0.05) is 25.5 Å². The standard InChI is InChI=1S/C20H24FN/c1-3-15-5-7-16(8-6-15)17-9-11-20(22-13-17)18-10-4-14(2)12-19(18)21/h4,9-13,15-16H,3,5-8H2,1-2H3. The molecule has 0 atom stereocenters. The molecule has 0 bridgehead atoms. The van der Waals surface area contributed by atoms with Crippen LogP contribution in [0.25, 0.3) is 11.3 Å². The smallest absolute Gasteiger partial charge is 0.132 e. The first-order valence-electron chi connectivity index (χ1n) is 8.40. The van der Waals surface area contributed by atoms with Crippen LogP contribution in [0.5, 0.6) is 0 Å². The van der Waals surface area contributed by atoms with Crippen molar-refractivity contribution >= 4 is 0 Å². The Bertz CT molecular complexity index is 625. The first-order valence-corrected chi connectivity index (χ1v) is 8.40. The topological polar surface area (TPSA) is 12.9 Å². The lowest BCUT2D eigenvalue weighted by Crippen LogP contribution is -2.12. The summed E-state index contributed by atoms with van der Waals surface area (Å²) >= 11 is 0. The summed E-state index contributed by atoms with van der Waals surface area (Å²) in [4.78, 5) is 4.51. The monoisotopic (exact) mass is 297 g/mol. The van der Waals surface area contributed by atoms with Crippen LogP contribution in [0, 0.1) is 18.7 Å². The van der Waals surface area contributed by atoms with E-state index in [4.69, 9.17) is 0 Å². The molecule has 3 rings (SSSR count). The zero-order valence-corrected chi connectivity index (χ0v) is 13.5.